The number of carbonyl (C=O) groups is 2. The van der Waals surface area contributed by atoms with Crippen LogP contribution < -0.4 is 10.1 Å². The molecule has 0 aliphatic heterocycles. The number of rotatable bonds is 7. The van der Waals surface area contributed by atoms with Gasteiger partial charge in [0, 0.05) is 6.20 Å². The number of ether oxygens (including phenoxy) is 2. The minimum absolute atomic E-state index is 0.0759. The Bertz CT molecular complexity index is 511. The highest BCUT2D eigenvalue weighted by atomic mass is 31.1. The van der Waals surface area contributed by atoms with E-state index in [0.29, 0.717) is 6.61 Å². The highest BCUT2D eigenvalue weighted by Gasteiger charge is 2.19. The van der Waals surface area contributed by atoms with E-state index in [2.05, 4.69) is 38.5 Å². The molecule has 0 saturated heterocycles. The summed E-state index contributed by atoms with van der Waals surface area (Å²) in [6.45, 7) is 2.42. The zero-order valence-electron chi connectivity index (χ0n) is 12.0. The SMILES string of the molecule is CCCCOc1nc(C(=O)OC)ncc1C(=O)NC(P)P. The molecule has 1 amide bonds. The maximum absolute atomic E-state index is 12.0. The summed E-state index contributed by atoms with van der Waals surface area (Å²) < 4.78 is 10.0. The minimum atomic E-state index is -0.683. The van der Waals surface area contributed by atoms with Crippen molar-refractivity contribution < 1.29 is 19.1 Å². The van der Waals surface area contributed by atoms with Crippen molar-refractivity contribution in [3.8, 4) is 5.88 Å². The molecule has 2 atom stereocenters. The third kappa shape index (κ3) is 5.52. The number of nitrogens with one attached hydrogen (secondary N) is 1. The van der Waals surface area contributed by atoms with Crippen LogP contribution in [0.25, 0.3) is 0 Å². The van der Waals surface area contributed by atoms with Gasteiger partial charge in [0.05, 0.1) is 19.2 Å². The molecule has 0 spiro atoms. The highest BCUT2D eigenvalue weighted by molar-refractivity contribution is 7.37. The average molecular weight is 331 g/mol. The van der Waals surface area contributed by atoms with Crippen LogP contribution >= 0.6 is 18.5 Å². The molecule has 0 bridgehead atoms. The Labute approximate surface area is 128 Å². The van der Waals surface area contributed by atoms with Gasteiger partial charge < -0.3 is 14.8 Å². The van der Waals surface area contributed by atoms with E-state index in [4.69, 9.17) is 4.74 Å². The number of nitrogens with zero attached hydrogens (tertiary/aromatic N) is 2. The van der Waals surface area contributed by atoms with E-state index in [1.807, 2.05) is 6.92 Å². The summed E-state index contributed by atoms with van der Waals surface area (Å²) >= 11 is 0. The topological polar surface area (TPSA) is 90.4 Å². The molecule has 0 saturated carbocycles. The Balaban J connectivity index is 3.04. The van der Waals surface area contributed by atoms with Gasteiger partial charge in [0.1, 0.15) is 5.56 Å². The van der Waals surface area contributed by atoms with E-state index in [1.54, 1.807) is 0 Å². The first-order valence-corrected chi connectivity index (χ1v) is 7.73. The average Bonchev–Trinajstić information content (AvgIpc) is 2.45. The van der Waals surface area contributed by atoms with Gasteiger partial charge in [-0.15, -0.1) is 18.5 Å². The highest BCUT2D eigenvalue weighted by Crippen LogP contribution is 2.17. The van der Waals surface area contributed by atoms with Crippen molar-refractivity contribution in [3.05, 3.63) is 17.6 Å². The van der Waals surface area contributed by atoms with Crippen LogP contribution in [0.3, 0.4) is 0 Å². The Hall–Kier alpha value is -1.32. The van der Waals surface area contributed by atoms with Gasteiger partial charge in [0.25, 0.3) is 5.91 Å². The van der Waals surface area contributed by atoms with Gasteiger partial charge in [-0.25, -0.2) is 9.78 Å². The van der Waals surface area contributed by atoms with Gasteiger partial charge in [-0.2, -0.15) is 4.98 Å². The molecule has 1 rings (SSSR count). The fourth-order valence-electron chi connectivity index (χ4n) is 1.36. The third-order valence-corrected chi connectivity index (χ3v) is 2.73. The molecule has 1 heterocycles. The summed E-state index contributed by atoms with van der Waals surface area (Å²) in [7, 11) is 6.07. The van der Waals surface area contributed by atoms with E-state index in [9.17, 15) is 9.59 Å². The lowest BCUT2D eigenvalue weighted by molar-refractivity contribution is 0.0584. The molecule has 21 heavy (non-hydrogen) atoms. The normalized spacial score (nSPS) is 10.3. The van der Waals surface area contributed by atoms with Crippen molar-refractivity contribution in [1.29, 1.82) is 0 Å². The van der Waals surface area contributed by atoms with E-state index < -0.39 is 5.97 Å². The van der Waals surface area contributed by atoms with E-state index in [-0.39, 0.29) is 28.7 Å². The Morgan fingerprint density at radius 3 is 2.71 bits per heavy atom. The van der Waals surface area contributed by atoms with Gasteiger partial charge in [-0.1, -0.05) is 13.3 Å². The number of hydrogen-bond acceptors (Lipinski definition) is 6. The molecule has 9 heteroatoms. The van der Waals surface area contributed by atoms with Gasteiger partial charge in [-0.3, -0.25) is 4.79 Å². The van der Waals surface area contributed by atoms with Crippen LogP contribution in [0.2, 0.25) is 0 Å². The molecule has 0 aliphatic carbocycles. The van der Waals surface area contributed by atoms with E-state index in [0.717, 1.165) is 12.8 Å². The number of methoxy groups -OCH3 is 1. The Morgan fingerprint density at radius 1 is 1.43 bits per heavy atom. The van der Waals surface area contributed by atoms with Crippen LogP contribution in [0.1, 0.15) is 40.7 Å². The zero-order chi connectivity index (χ0) is 15.8. The largest absolute Gasteiger partial charge is 0.477 e. The molecule has 0 fully saturated rings. The van der Waals surface area contributed by atoms with Crippen LogP contribution in [0.15, 0.2) is 6.20 Å². The number of aromatic nitrogens is 2. The fourth-order valence-corrected chi connectivity index (χ4v) is 1.67. The van der Waals surface area contributed by atoms with Crippen molar-refractivity contribution in [2.75, 3.05) is 13.7 Å². The summed E-state index contributed by atoms with van der Waals surface area (Å²) in [4.78, 5) is 31.3. The first-order valence-electron chi connectivity index (χ1n) is 6.39. The predicted molar refractivity (Wildman–Crippen MR) is 84.4 cm³/mol. The van der Waals surface area contributed by atoms with Crippen molar-refractivity contribution in [2.45, 2.75) is 25.3 Å². The lowest BCUT2D eigenvalue weighted by atomic mass is 10.3. The molecule has 1 aromatic heterocycles. The molecule has 1 aromatic rings. The monoisotopic (exact) mass is 331 g/mol. The zero-order valence-corrected chi connectivity index (χ0v) is 14.3. The number of hydrogen-bond donors (Lipinski definition) is 1. The van der Waals surface area contributed by atoms with Crippen LogP contribution in [0.5, 0.6) is 5.88 Å². The Morgan fingerprint density at radius 2 is 2.14 bits per heavy atom. The van der Waals surface area contributed by atoms with Crippen molar-refractivity contribution in [1.82, 2.24) is 15.3 Å². The second kappa shape index (κ2) is 8.85. The summed E-state index contributed by atoms with van der Waals surface area (Å²) in [6.07, 6.45) is 3.01. The number of amides is 1. The van der Waals surface area contributed by atoms with Gasteiger partial charge in [0.2, 0.25) is 11.7 Å². The molecule has 116 valence electrons. The number of unbranched alkanes of at least 4 members (excludes halogenated alkanes) is 1. The number of carbonyl (C=O) groups excluding carboxylic acids is 2. The van der Waals surface area contributed by atoms with E-state index >= 15 is 0 Å². The maximum Gasteiger partial charge on any atom is 0.376 e. The fraction of sp³-hybridized carbons (Fsp3) is 0.500. The molecular weight excluding hydrogens is 312 g/mol. The lowest BCUT2D eigenvalue weighted by Gasteiger charge is -2.12. The van der Waals surface area contributed by atoms with Crippen molar-refractivity contribution >= 4 is 30.4 Å². The molecule has 0 radical (unpaired) electrons. The van der Waals surface area contributed by atoms with Crippen LogP contribution in [0.4, 0.5) is 0 Å². The summed E-state index contributed by atoms with van der Waals surface area (Å²) in [5, 5.41) is 2.66. The first kappa shape index (κ1) is 17.7. The third-order valence-electron chi connectivity index (χ3n) is 2.40. The second-order valence-corrected chi connectivity index (χ2v) is 6.31. The summed E-state index contributed by atoms with van der Waals surface area (Å²) in [5.41, 5.74) is -0.0186. The van der Waals surface area contributed by atoms with Crippen LogP contribution in [0, 0.1) is 0 Å². The lowest BCUT2D eigenvalue weighted by Crippen LogP contribution is -2.27. The molecular formula is C12H19N3O4P2. The van der Waals surface area contributed by atoms with Gasteiger partial charge >= 0.3 is 5.97 Å². The molecule has 0 aliphatic rings. The quantitative estimate of drug-likeness (QED) is 0.459. The smallest absolute Gasteiger partial charge is 0.376 e. The number of esters is 1. The van der Waals surface area contributed by atoms with Crippen molar-refractivity contribution in [2.24, 2.45) is 0 Å². The minimum Gasteiger partial charge on any atom is -0.477 e. The summed E-state index contributed by atoms with van der Waals surface area (Å²) in [6, 6.07) is 0. The second-order valence-electron chi connectivity index (χ2n) is 4.11. The van der Waals surface area contributed by atoms with Gasteiger partial charge in [0.15, 0.2) is 0 Å². The van der Waals surface area contributed by atoms with Crippen molar-refractivity contribution in [3.63, 3.8) is 0 Å². The molecule has 1 N–H and O–H groups in total. The predicted octanol–water partition coefficient (Wildman–Crippen LogP) is 1.21. The summed E-state index contributed by atoms with van der Waals surface area (Å²) in [5.74, 6) is -1.13. The maximum atomic E-state index is 12.0. The van der Waals surface area contributed by atoms with Crippen LogP contribution in [-0.4, -0.2) is 41.1 Å². The van der Waals surface area contributed by atoms with Gasteiger partial charge in [-0.05, 0) is 6.42 Å². The molecule has 0 aromatic carbocycles. The van der Waals surface area contributed by atoms with Crippen LogP contribution in [-0.2, 0) is 4.74 Å². The first-order chi connectivity index (χ1) is 9.99. The Kier molecular flexibility index (Phi) is 7.48. The molecule has 2 unspecified atom stereocenters. The van der Waals surface area contributed by atoms with E-state index in [1.165, 1.54) is 13.3 Å². The molecule has 7 nitrogen and oxygen atoms in total. The standard InChI is InChI=1S/C12H19N3O4P2/c1-3-4-5-19-10-7(9(16)15-12(20)21)6-13-8(14-10)11(17)18-2/h6,12H,3-5,20-21H2,1-2H3,(H,15,16).